The van der Waals surface area contributed by atoms with E-state index < -0.39 is 0 Å². The van der Waals surface area contributed by atoms with Crippen LogP contribution in [0.15, 0.2) is 37.0 Å². The van der Waals surface area contributed by atoms with Crippen LogP contribution in [0.1, 0.15) is 37.4 Å². The number of anilines is 3. The number of nitrogens with zero attached hydrogens (tertiary/aromatic N) is 4. The lowest BCUT2D eigenvalue weighted by Gasteiger charge is -2.33. The maximum Gasteiger partial charge on any atom is 0.227 e. The highest BCUT2D eigenvalue weighted by atomic mass is 16.5. The molecule has 0 bridgehead atoms. The molecule has 1 atom stereocenters. The predicted octanol–water partition coefficient (Wildman–Crippen LogP) is 3.40. The molecule has 2 fully saturated rings. The average molecular weight is 423 g/mol. The van der Waals surface area contributed by atoms with Gasteiger partial charge in [-0.25, -0.2) is 9.97 Å². The van der Waals surface area contributed by atoms with Gasteiger partial charge < -0.3 is 20.7 Å². The lowest BCUT2D eigenvalue weighted by molar-refractivity contribution is 0.122. The number of nitrogens with one attached hydrogen (secondary N) is 1. The number of hydrogen-bond acceptors (Lipinski definition) is 7. The number of ether oxygens (including phenoxy) is 1. The number of likely N-dealkylation sites (tertiary alicyclic amines) is 1. The van der Waals surface area contributed by atoms with Gasteiger partial charge in [0.05, 0.1) is 18.9 Å². The monoisotopic (exact) mass is 422 g/mol. The van der Waals surface area contributed by atoms with Crippen LogP contribution in [0.3, 0.4) is 0 Å². The number of rotatable bonds is 8. The summed E-state index contributed by atoms with van der Waals surface area (Å²) < 4.78 is 5.57. The zero-order valence-electron chi connectivity index (χ0n) is 18.5. The fourth-order valence-corrected chi connectivity index (χ4v) is 4.53. The van der Waals surface area contributed by atoms with Crippen LogP contribution in [-0.2, 0) is 11.3 Å². The summed E-state index contributed by atoms with van der Waals surface area (Å²) in [6, 6.07) is 9.05. The van der Waals surface area contributed by atoms with E-state index in [9.17, 15) is 0 Å². The van der Waals surface area contributed by atoms with Crippen LogP contribution in [-0.4, -0.2) is 60.3 Å². The maximum absolute atomic E-state index is 5.88. The Bertz CT molecular complexity index is 895. The zero-order chi connectivity index (χ0) is 21.6. The number of aromatic nitrogens is 2. The standard InChI is InChI=1S/C24H34N6O/c1-18(2)22-8-10-26-24(28-22)27-20-5-6-23(29-12-14-31-15-13-29)19(16-20)17-30-11-3-4-21(30)7-9-25/h5-6,8,10,16,21H,1,3-4,7,9,11-15,17,25H2,2H3,(H,26,27,28). The van der Waals surface area contributed by atoms with E-state index in [0.29, 0.717) is 12.0 Å². The van der Waals surface area contributed by atoms with E-state index in [1.54, 1.807) is 6.20 Å². The number of morpholine rings is 1. The first-order valence-corrected chi connectivity index (χ1v) is 11.3. The third-order valence-electron chi connectivity index (χ3n) is 6.15. The molecule has 1 unspecified atom stereocenters. The van der Waals surface area contributed by atoms with E-state index in [1.165, 1.54) is 24.1 Å². The SMILES string of the molecule is C=C(C)c1ccnc(Nc2ccc(N3CCOCC3)c(CN3CCCC3CCN)c2)n1. The second-order valence-corrected chi connectivity index (χ2v) is 8.46. The topological polar surface area (TPSA) is 79.5 Å². The molecule has 2 aliphatic heterocycles. The molecule has 3 N–H and O–H groups in total. The van der Waals surface area contributed by atoms with Gasteiger partial charge in [-0.1, -0.05) is 6.58 Å². The van der Waals surface area contributed by atoms with E-state index in [-0.39, 0.29) is 0 Å². The first-order valence-electron chi connectivity index (χ1n) is 11.3. The van der Waals surface area contributed by atoms with Crippen molar-refractivity contribution in [2.75, 3.05) is 49.6 Å². The summed E-state index contributed by atoms with van der Waals surface area (Å²) >= 11 is 0. The Morgan fingerprint density at radius 1 is 1.26 bits per heavy atom. The molecule has 0 saturated carbocycles. The lowest BCUT2D eigenvalue weighted by atomic mass is 10.1. The average Bonchev–Trinajstić information content (AvgIpc) is 3.22. The number of allylic oxidation sites excluding steroid dienone is 1. The number of benzene rings is 1. The quantitative estimate of drug-likeness (QED) is 0.675. The van der Waals surface area contributed by atoms with E-state index >= 15 is 0 Å². The Labute approximate surface area is 185 Å². The normalized spacial score (nSPS) is 19.5. The van der Waals surface area contributed by atoms with Gasteiger partial charge in [-0.2, -0.15) is 0 Å². The van der Waals surface area contributed by atoms with Gasteiger partial charge in [-0.05, 0) is 74.7 Å². The lowest BCUT2D eigenvalue weighted by Crippen LogP contribution is -2.37. The minimum absolute atomic E-state index is 0.578. The van der Waals surface area contributed by atoms with Crippen molar-refractivity contribution >= 4 is 22.9 Å². The number of hydrogen-bond donors (Lipinski definition) is 2. The van der Waals surface area contributed by atoms with Crippen molar-refractivity contribution < 1.29 is 4.74 Å². The largest absolute Gasteiger partial charge is 0.378 e. The van der Waals surface area contributed by atoms with Crippen LogP contribution in [0, 0.1) is 0 Å². The first kappa shape index (κ1) is 21.7. The van der Waals surface area contributed by atoms with Crippen LogP contribution in [0.5, 0.6) is 0 Å². The van der Waals surface area contributed by atoms with Gasteiger partial charge in [0.2, 0.25) is 5.95 Å². The molecule has 166 valence electrons. The zero-order valence-corrected chi connectivity index (χ0v) is 18.5. The van der Waals surface area contributed by atoms with Crippen LogP contribution in [0.25, 0.3) is 5.57 Å². The van der Waals surface area contributed by atoms with Crippen molar-refractivity contribution in [3.63, 3.8) is 0 Å². The molecule has 31 heavy (non-hydrogen) atoms. The minimum Gasteiger partial charge on any atom is -0.378 e. The second kappa shape index (κ2) is 10.2. The van der Waals surface area contributed by atoms with E-state index in [4.69, 9.17) is 10.5 Å². The fourth-order valence-electron chi connectivity index (χ4n) is 4.53. The molecule has 7 nitrogen and oxygen atoms in total. The molecule has 1 aromatic carbocycles. The molecule has 0 amide bonds. The third kappa shape index (κ3) is 5.42. The van der Waals surface area contributed by atoms with Gasteiger partial charge in [0, 0.05) is 43.2 Å². The fraction of sp³-hybridized carbons (Fsp3) is 0.500. The summed E-state index contributed by atoms with van der Waals surface area (Å²) in [5, 5.41) is 3.39. The minimum atomic E-state index is 0.578. The van der Waals surface area contributed by atoms with Crippen molar-refractivity contribution in [2.45, 2.75) is 38.8 Å². The van der Waals surface area contributed by atoms with Crippen molar-refractivity contribution in [1.29, 1.82) is 0 Å². The third-order valence-corrected chi connectivity index (χ3v) is 6.15. The molecule has 7 heteroatoms. The number of nitrogens with two attached hydrogens (primary N) is 1. The Hall–Kier alpha value is -2.48. The summed E-state index contributed by atoms with van der Waals surface area (Å²) in [5.41, 5.74) is 11.3. The van der Waals surface area contributed by atoms with Crippen LogP contribution in [0.4, 0.5) is 17.3 Å². The molecule has 2 saturated heterocycles. The molecule has 3 heterocycles. The Kier molecular flexibility index (Phi) is 7.17. The Morgan fingerprint density at radius 2 is 2.10 bits per heavy atom. The maximum atomic E-state index is 5.88. The molecular formula is C24H34N6O. The molecule has 1 aromatic heterocycles. The van der Waals surface area contributed by atoms with Crippen molar-refractivity contribution in [2.24, 2.45) is 5.73 Å². The molecule has 0 radical (unpaired) electrons. The smallest absolute Gasteiger partial charge is 0.227 e. The summed E-state index contributed by atoms with van der Waals surface area (Å²) in [7, 11) is 0. The van der Waals surface area contributed by atoms with Gasteiger partial charge in [-0.3, -0.25) is 4.90 Å². The molecule has 0 spiro atoms. The Balaban J connectivity index is 1.59. The van der Waals surface area contributed by atoms with Gasteiger partial charge in [0.25, 0.3) is 0 Å². The summed E-state index contributed by atoms with van der Waals surface area (Å²) in [5.74, 6) is 0.591. The molecule has 0 aliphatic carbocycles. The van der Waals surface area contributed by atoms with Gasteiger partial charge in [0.15, 0.2) is 0 Å². The first-order chi connectivity index (χ1) is 15.1. The molecular weight excluding hydrogens is 388 g/mol. The summed E-state index contributed by atoms with van der Waals surface area (Å²) in [4.78, 5) is 14.0. The molecule has 2 aromatic rings. The summed E-state index contributed by atoms with van der Waals surface area (Å²) in [6.07, 6.45) is 5.32. The van der Waals surface area contributed by atoms with Crippen LogP contribution in [0.2, 0.25) is 0 Å². The van der Waals surface area contributed by atoms with Crippen molar-refractivity contribution in [3.8, 4) is 0 Å². The van der Waals surface area contributed by atoms with Crippen LogP contribution >= 0.6 is 0 Å². The molecule has 4 rings (SSSR count). The highest BCUT2D eigenvalue weighted by molar-refractivity contribution is 5.65. The Morgan fingerprint density at radius 3 is 2.87 bits per heavy atom. The highest BCUT2D eigenvalue weighted by Crippen LogP contribution is 2.30. The summed E-state index contributed by atoms with van der Waals surface area (Å²) in [6.45, 7) is 12.2. The van der Waals surface area contributed by atoms with Crippen molar-refractivity contribution in [3.05, 3.63) is 48.3 Å². The second-order valence-electron chi connectivity index (χ2n) is 8.46. The van der Waals surface area contributed by atoms with E-state index in [0.717, 1.165) is 69.3 Å². The van der Waals surface area contributed by atoms with Gasteiger partial charge in [-0.15, -0.1) is 0 Å². The van der Waals surface area contributed by atoms with Gasteiger partial charge >= 0.3 is 0 Å². The van der Waals surface area contributed by atoms with Crippen LogP contribution < -0.4 is 16.0 Å². The van der Waals surface area contributed by atoms with E-state index in [1.807, 2.05) is 13.0 Å². The predicted molar refractivity (Wildman–Crippen MR) is 127 cm³/mol. The van der Waals surface area contributed by atoms with Crippen molar-refractivity contribution in [1.82, 2.24) is 14.9 Å². The molecule has 2 aliphatic rings. The van der Waals surface area contributed by atoms with Gasteiger partial charge in [0.1, 0.15) is 0 Å². The highest BCUT2D eigenvalue weighted by Gasteiger charge is 2.25. The van der Waals surface area contributed by atoms with E-state index in [2.05, 4.69) is 49.9 Å².